The number of likely N-dealkylation sites (tertiary alicyclic amines) is 1. The summed E-state index contributed by atoms with van der Waals surface area (Å²) in [6, 6.07) is 0.778. The number of nitrogens with zero attached hydrogens (tertiary/aromatic N) is 3. The van der Waals surface area contributed by atoms with Gasteiger partial charge in [0.2, 0.25) is 5.89 Å². The predicted octanol–water partition coefficient (Wildman–Crippen LogP) is 2.26. The second kappa shape index (κ2) is 5.86. The minimum Gasteiger partial charge on any atom is -0.391 e. The standard InChI is InChI=1S/C14H12ClF2N3O3/c1-6-18-13(23-19-6)12-2-7(21)5-20(12)14(22)8-3-11(17)9(15)4-10(8)16/h3-4,7,12,21H,2,5H2,1H3/t7-,12-/m1/s1. The molecule has 1 fully saturated rings. The monoisotopic (exact) mass is 343 g/mol. The van der Waals surface area contributed by atoms with E-state index in [1.807, 2.05) is 0 Å². The van der Waals surface area contributed by atoms with Crippen LogP contribution in [0, 0.1) is 18.6 Å². The SMILES string of the molecule is Cc1noc([C@H]2C[C@@H](O)CN2C(=O)c2cc(F)c(Cl)cc2F)n1. The van der Waals surface area contributed by atoms with Crippen LogP contribution < -0.4 is 0 Å². The second-order valence-electron chi connectivity index (χ2n) is 5.29. The van der Waals surface area contributed by atoms with Crippen molar-refractivity contribution in [1.29, 1.82) is 0 Å². The van der Waals surface area contributed by atoms with Crippen molar-refractivity contribution in [2.24, 2.45) is 0 Å². The predicted molar refractivity (Wildman–Crippen MR) is 74.8 cm³/mol. The van der Waals surface area contributed by atoms with Crippen LogP contribution in [0.4, 0.5) is 8.78 Å². The van der Waals surface area contributed by atoms with Gasteiger partial charge in [-0.15, -0.1) is 0 Å². The van der Waals surface area contributed by atoms with E-state index < -0.39 is 40.3 Å². The Kier molecular flexibility index (Phi) is 4.03. The Bertz CT molecular complexity index is 768. The molecule has 0 bridgehead atoms. The molecule has 1 aromatic carbocycles. The molecule has 1 aliphatic heterocycles. The molecule has 0 radical (unpaired) electrons. The molecule has 0 spiro atoms. The Morgan fingerprint density at radius 2 is 2.17 bits per heavy atom. The van der Waals surface area contributed by atoms with Gasteiger partial charge in [0.1, 0.15) is 17.7 Å². The number of rotatable bonds is 2. The molecule has 23 heavy (non-hydrogen) atoms. The third-order valence-electron chi connectivity index (χ3n) is 3.61. The minimum absolute atomic E-state index is 0.0470. The molecule has 1 aliphatic rings. The van der Waals surface area contributed by atoms with E-state index in [1.165, 1.54) is 4.90 Å². The van der Waals surface area contributed by atoms with Crippen LogP contribution in [0.15, 0.2) is 16.7 Å². The molecule has 2 aromatic rings. The van der Waals surface area contributed by atoms with E-state index in [0.29, 0.717) is 5.82 Å². The summed E-state index contributed by atoms with van der Waals surface area (Å²) in [5.74, 6) is -2.11. The van der Waals surface area contributed by atoms with Crippen molar-refractivity contribution in [2.45, 2.75) is 25.5 Å². The summed E-state index contributed by atoms with van der Waals surface area (Å²) < 4.78 is 32.5. The highest BCUT2D eigenvalue weighted by Crippen LogP contribution is 2.33. The Morgan fingerprint density at radius 3 is 2.83 bits per heavy atom. The quantitative estimate of drug-likeness (QED) is 0.846. The fourth-order valence-electron chi connectivity index (χ4n) is 2.56. The van der Waals surface area contributed by atoms with Gasteiger partial charge >= 0.3 is 0 Å². The number of hydrogen-bond acceptors (Lipinski definition) is 5. The second-order valence-corrected chi connectivity index (χ2v) is 5.70. The summed E-state index contributed by atoms with van der Waals surface area (Å²) in [5, 5.41) is 13.1. The molecular formula is C14H12ClF2N3O3. The number of β-amino-alcohol motifs (C(OH)–C–C–N with tert-alkyl or cyclic N) is 1. The number of amides is 1. The number of benzene rings is 1. The average molecular weight is 344 g/mol. The lowest BCUT2D eigenvalue weighted by Gasteiger charge is -2.22. The molecule has 1 aromatic heterocycles. The largest absolute Gasteiger partial charge is 0.391 e. The van der Waals surface area contributed by atoms with Crippen molar-refractivity contribution in [3.63, 3.8) is 0 Å². The van der Waals surface area contributed by atoms with E-state index in [4.69, 9.17) is 16.1 Å². The van der Waals surface area contributed by atoms with Crippen LogP contribution in [0.2, 0.25) is 5.02 Å². The molecule has 0 unspecified atom stereocenters. The summed E-state index contributed by atoms with van der Waals surface area (Å²) in [5.41, 5.74) is -0.470. The summed E-state index contributed by atoms with van der Waals surface area (Å²) in [6.45, 7) is 1.56. The zero-order valence-electron chi connectivity index (χ0n) is 12.0. The fraction of sp³-hybridized carbons (Fsp3) is 0.357. The molecule has 1 N–H and O–H groups in total. The molecule has 1 saturated heterocycles. The number of halogens is 3. The van der Waals surface area contributed by atoms with Crippen molar-refractivity contribution >= 4 is 17.5 Å². The highest BCUT2D eigenvalue weighted by Gasteiger charge is 2.39. The maximum absolute atomic E-state index is 14.0. The van der Waals surface area contributed by atoms with Gasteiger partial charge in [0.15, 0.2) is 5.82 Å². The lowest BCUT2D eigenvalue weighted by molar-refractivity contribution is 0.0688. The first-order chi connectivity index (χ1) is 10.9. The van der Waals surface area contributed by atoms with Crippen LogP contribution in [-0.2, 0) is 0 Å². The number of hydrogen-bond donors (Lipinski definition) is 1. The van der Waals surface area contributed by atoms with Gasteiger partial charge in [0.25, 0.3) is 5.91 Å². The molecule has 122 valence electrons. The first kappa shape index (κ1) is 15.8. The Labute approximate surface area is 134 Å². The molecule has 0 saturated carbocycles. The van der Waals surface area contributed by atoms with E-state index in [1.54, 1.807) is 6.92 Å². The van der Waals surface area contributed by atoms with Gasteiger partial charge in [-0.1, -0.05) is 16.8 Å². The minimum atomic E-state index is -0.941. The van der Waals surface area contributed by atoms with E-state index in [-0.39, 0.29) is 18.9 Å². The fourth-order valence-corrected chi connectivity index (χ4v) is 2.71. The first-order valence-corrected chi connectivity index (χ1v) is 7.18. The topological polar surface area (TPSA) is 79.5 Å². The Balaban J connectivity index is 1.95. The van der Waals surface area contributed by atoms with Crippen LogP contribution in [0.5, 0.6) is 0 Å². The first-order valence-electron chi connectivity index (χ1n) is 6.80. The molecule has 9 heteroatoms. The van der Waals surface area contributed by atoms with Gasteiger partial charge in [-0.3, -0.25) is 4.79 Å². The molecule has 6 nitrogen and oxygen atoms in total. The van der Waals surface area contributed by atoms with Gasteiger partial charge in [0, 0.05) is 13.0 Å². The smallest absolute Gasteiger partial charge is 0.257 e. The van der Waals surface area contributed by atoms with Crippen molar-refractivity contribution in [1.82, 2.24) is 15.0 Å². The Morgan fingerprint density at radius 1 is 1.43 bits per heavy atom. The highest BCUT2D eigenvalue weighted by molar-refractivity contribution is 6.30. The average Bonchev–Trinajstić information content (AvgIpc) is 3.08. The van der Waals surface area contributed by atoms with Crippen LogP contribution >= 0.6 is 11.6 Å². The number of aryl methyl sites for hydroxylation is 1. The van der Waals surface area contributed by atoms with Crippen LogP contribution in [-0.4, -0.2) is 38.7 Å². The number of carbonyl (C=O) groups excluding carboxylic acids is 1. The maximum Gasteiger partial charge on any atom is 0.257 e. The van der Waals surface area contributed by atoms with E-state index >= 15 is 0 Å². The zero-order chi connectivity index (χ0) is 16.7. The van der Waals surface area contributed by atoms with E-state index in [9.17, 15) is 18.7 Å². The third-order valence-corrected chi connectivity index (χ3v) is 3.90. The molecule has 3 rings (SSSR count). The maximum atomic E-state index is 14.0. The highest BCUT2D eigenvalue weighted by atomic mass is 35.5. The van der Waals surface area contributed by atoms with Gasteiger partial charge in [-0.2, -0.15) is 4.98 Å². The summed E-state index contributed by atoms with van der Waals surface area (Å²) >= 11 is 5.49. The van der Waals surface area contributed by atoms with Gasteiger partial charge in [-0.05, 0) is 19.1 Å². The number of carbonyl (C=O) groups is 1. The molecular weight excluding hydrogens is 332 g/mol. The van der Waals surface area contributed by atoms with Gasteiger partial charge in [0.05, 0.1) is 16.7 Å². The summed E-state index contributed by atoms with van der Waals surface area (Å²) in [7, 11) is 0. The van der Waals surface area contributed by atoms with Crippen molar-refractivity contribution in [2.75, 3.05) is 6.54 Å². The third kappa shape index (κ3) is 2.91. The molecule has 1 amide bonds. The van der Waals surface area contributed by atoms with E-state index in [2.05, 4.69) is 10.1 Å². The molecule has 0 aliphatic carbocycles. The normalized spacial score (nSPS) is 21.0. The van der Waals surface area contributed by atoms with Crippen molar-refractivity contribution < 1.29 is 23.2 Å². The van der Waals surface area contributed by atoms with E-state index in [0.717, 1.165) is 12.1 Å². The van der Waals surface area contributed by atoms with Gasteiger partial charge < -0.3 is 14.5 Å². The number of aliphatic hydroxyl groups is 1. The lowest BCUT2D eigenvalue weighted by Crippen LogP contribution is -2.32. The van der Waals surface area contributed by atoms with Gasteiger partial charge in [-0.25, -0.2) is 8.78 Å². The van der Waals surface area contributed by atoms with Crippen LogP contribution in [0.25, 0.3) is 0 Å². The van der Waals surface area contributed by atoms with Crippen molar-refractivity contribution in [3.8, 4) is 0 Å². The van der Waals surface area contributed by atoms with Crippen LogP contribution in [0.3, 0.4) is 0 Å². The molecule has 2 atom stereocenters. The number of aliphatic hydroxyl groups excluding tert-OH is 1. The van der Waals surface area contributed by atoms with Crippen LogP contribution in [0.1, 0.15) is 34.5 Å². The number of aromatic nitrogens is 2. The zero-order valence-corrected chi connectivity index (χ0v) is 12.7. The summed E-state index contributed by atoms with van der Waals surface area (Å²) in [4.78, 5) is 17.8. The summed E-state index contributed by atoms with van der Waals surface area (Å²) in [6.07, 6.45) is -0.651. The Hall–Kier alpha value is -2.06. The van der Waals surface area contributed by atoms with Crippen molar-refractivity contribution in [3.05, 3.63) is 46.1 Å². The molecule has 2 heterocycles. The lowest BCUT2D eigenvalue weighted by atomic mass is 10.1.